The molecule has 1 aliphatic rings. The van der Waals surface area contributed by atoms with Crippen LogP contribution in [0, 0.1) is 0 Å². The minimum Gasteiger partial charge on any atom is -0.482 e. The maximum absolute atomic E-state index is 9.87. The molecule has 0 aromatic heterocycles. The molecule has 5 atom stereocenters. The molecule has 4 N–H and O–H groups in total. The second-order valence-corrected chi connectivity index (χ2v) is 4.70. The zero-order valence-corrected chi connectivity index (χ0v) is 10.6. The second-order valence-electron chi connectivity index (χ2n) is 4.27. The highest BCUT2D eigenvalue weighted by Crippen LogP contribution is 2.25. The first-order chi connectivity index (χ1) is 9.02. The first-order valence-corrected chi connectivity index (χ1v) is 6.13. The molecule has 1 aromatic rings. The molecule has 6 nitrogen and oxygen atoms in total. The number of aliphatic hydroxyl groups excluding tert-OH is 4. The van der Waals surface area contributed by atoms with Crippen molar-refractivity contribution in [1.29, 1.82) is 0 Å². The number of benzene rings is 1. The Morgan fingerprint density at radius 1 is 1.11 bits per heavy atom. The van der Waals surface area contributed by atoms with Gasteiger partial charge in [0.1, 0.15) is 24.1 Å². The largest absolute Gasteiger partial charge is 0.482 e. The van der Waals surface area contributed by atoms with E-state index in [4.69, 9.17) is 26.2 Å². The minimum absolute atomic E-state index is 0.366. The van der Waals surface area contributed by atoms with Crippen molar-refractivity contribution in [3.8, 4) is 5.75 Å². The molecule has 0 aliphatic carbocycles. The maximum atomic E-state index is 9.87. The van der Waals surface area contributed by atoms with Crippen molar-refractivity contribution >= 4 is 11.6 Å². The molecule has 19 heavy (non-hydrogen) atoms. The molecule has 1 fully saturated rings. The fourth-order valence-electron chi connectivity index (χ4n) is 1.87. The third-order valence-corrected chi connectivity index (χ3v) is 3.18. The van der Waals surface area contributed by atoms with Gasteiger partial charge in [0.25, 0.3) is 0 Å². The van der Waals surface area contributed by atoms with E-state index < -0.39 is 37.3 Å². The van der Waals surface area contributed by atoms with Crippen LogP contribution in [-0.4, -0.2) is 57.7 Å². The van der Waals surface area contributed by atoms with Crippen molar-refractivity contribution in [3.05, 3.63) is 29.3 Å². The number of rotatable bonds is 3. The number of aliphatic hydroxyl groups is 4. The monoisotopic (exact) mass is 290 g/mol. The fraction of sp³-hybridized carbons (Fsp3) is 0.500. The van der Waals surface area contributed by atoms with E-state index in [2.05, 4.69) is 0 Å². The Morgan fingerprint density at radius 3 is 2.32 bits per heavy atom. The lowest BCUT2D eigenvalue weighted by molar-refractivity contribution is -0.280. The first-order valence-electron chi connectivity index (χ1n) is 5.75. The van der Waals surface area contributed by atoms with Crippen LogP contribution < -0.4 is 4.74 Å². The van der Waals surface area contributed by atoms with Gasteiger partial charge in [0.05, 0.1) is 6.61 Å². The van der Waals surface area contributed by atoms with Gasteiger partial charge in [-0.2, -0.15) is 0 Å². The summed E-state index contributed by atoms with van der Waals surface area (Å²) in [7, 11) is 0. The number of hydrogen-bond acceptors (Lipinski definition) is 6. The maximum Gasteiger partial charge on any atom is 0.195 e. The summed E-state index contributed by atoms with van der Waals surface area (Å²) < 4.78 is 10.3. The van der Waals surface area contributed by atoms with Gasteiger partial charge >= 0.3 is 0 Å². The van der Waals surface area contributed by atoms with E-state index in [0.717, 1.165) is 0 Å². The summed E-state index contributed by atoms with van der Waals surface area (Å²) in [5, 5.41) is 38.8. The van der Waals surface area contributed by atoms with Gasteiger partial charge in [0, 0.05) is 5.02 Å². The summed E-state index contributed by atoms with van der Waals surface area (Å²) in [6.45, 7) is -0.511. The molecule has 1 aliphatic heterocycles. The van der Waals surface area contributed by atoms with Gasteiger partial charge in [-0.15, -0.1) is 0 Å². The summed E-state index contributed by atoms with van der Waals surface area (Å²) in [4.78, 5) is 0. The van der Waals surface area contributed by atoms with Crippen molar-refractivity contribution < 1.29 is 29.9 Å². The van der Waals surface area contributed by atoms with E-state index in [0.29, 0.717) is 10.8 Å². The van der Waals surface area contributed by atoms with Crippen LogP contribution in [0.5, 0.6) is 5.75 Å². The topological polar surface area (TPSA) is 99.4 Å². The number of hydrogen-bond donors (Lipinski definition) is 4. The summed E-state index contributed by atoms with van der Waals surface area (Å²) in [6.07, 6.45) is -6.37. The summed E-state index contributed by atoms with van der Waals surface area (Å²) >= 11 is 5.73. The Balaban J connectivity index is 2.09. The predicted molar refractivity (Wildman–Crippen MR) is 65.8 cm³/mol. The van der Waals surface area contributed by atoms with Gasteiger partial charge in [0.15, 0.2) is 12.4 Å². The quantitative estimate of drug-likeness (QED) is 0.600. The molecule has 1 aromatic carbocycles. The van der Waals surface area contributed by atoms with Gasteiger partial charge in [-0.25, -0.2) is 0 Å². The van der Waals surface area contributed by atoms with Gasteiger partial charge in [-0.1, -0.05) is 11.6 Å². The standard InChI is InChI=1S/C12H15ClO6/c13-6-1-3-7(4-2-6)18-11-10(16)9(15)8(5-14)19-12(11)17/h1-4,8-12,14-17H,5H2/t8-,9+,10+,11-,12-/m1/s1. The zero-order chi connectivity index (χ0) is 14.0. The molecular formula is C12H15ClO6. The molecule has 0 bridgehead atoms. The smallest absolute Gasteiger partial charge is 0.195 e. The van der Waals surface area contributed by atoms with Crippen LogP contribution in [0.2, 0.25) is 5.02 Å². The van der Waals surface area contributed by atoms with E-state index in [1.54, 1.807) is 24.3 Å². The van der Waals surface area contributed by atoms with E-state index in [1.165, 1.54) is 0 Å². The molecule has 0 unspecified atom stereocenters. The molecule has 106 valence electrons. The number of ether oxygens (including phenoxy) is 2. The molecule has 0 radical (unpaired) electrons. The van der Waals surface area contributed by atoms with Crippen molar-refractivity contribution in [2.24, 2.45) is 0 Å². The fourth-order valence-corrected chi connectivity index (χ4v) is 2.00. The van der Waals surface area contributed by atoms with Crippen LogP contribution in [0.3, 0.4) is 0 Å². The van der Waals surface area contributed by atoms with Gasteiger partial charge in [0.2, 0.25) is 0 Å². The van der Waals surface area contributed by atoms with Gasteiger partial charge < -0.3 is 29.9 Å². The van der Waals surface area contributed by atoms with E-state index in [9.17, 15) is 15.3 Å². The zero-order valence-electron chi connectivity index (χ0n) is 9.89. The van der Waals surface area contributed by atoms with Crippen molar-refractivity contribution in [2.75, 3.05) is 6.61 Å². The SMILES string of the molecule is OC[C@H]1O[C@@H](O)[C@H](Oc2ccc(Cl)cc2)[C@@H](O)[C@H]1O. The molecule has 0 saturated carbocycles. The van der Waals surface area contributed by atoms with Gasteiger partial charge in [-0.3, -0.25) is 0 Å². The van der Waals surface area contributed by atoms with Crippen LogP contribution in [-0.2, 0) is 4.74 Å². The van der Waals surface area contributed by atoms with Crippen molar-refractivity contribution in [3.63, 3.8) is 0 Å². The summed E-state index contributed by atoms with van der Waals surface area (Å²) in [5.41, 5.74) is 0. The molecular weight excluding hydrogens is 276 g/mol. The number of halogens is 1. The highest BCUT2D eigenvalue weighted by Gasteiger charge is 2.45. The summed E-state index contributed by atoms with van der Waals surface area (Å²) in [6, 6.07) is 6.30. The normalized spacial score (nSPS) is 35.1. The lowest BCUT2D eigenvalue weighted by Crippen LogP contribution is -2.60. The highest BCUT2D eigenvalue weighted by atomic mass is 35.5. The van der Waals surface area contributed by atoms with Gasteiger partial charge in [-0.05, 0) is 24.3 Å². The Labute approximate surface area is 114 Å². The third kappa shape index (κ3) is 3.17. The molecule has 2 rings (SSSR count). The van der Waals surface area contributed by atoms with Crippen LogP contribution in [0.15, 0.2) is 24.3 Å². The van der Waals surface area contributed by atoms with E-state index >= 15 is 0 Å². The third-order valence-electron chi connectivity index (χ3n) is 2.93. The minimum atomic E-state index is -1.45. The Kier molecular flexibility index (Phi) is 4.62. The average Bonchev–Trinajstić information content (AvgIpc) is 2.41. The van der Waals surface area contributed by atoms with Crippen LogP contribution in [0.1, 0.15) is 0 Å². The Morgan fingerprint density at radius 2 is 1.74 bits per heavy atom. The van der Waals surface area contributed by atoms with E-state index in [-0.39, 0.29) is 0 Å². The molecule has 1 saturated heterocycles. The van der Waals surface area contributed by atoms with E-state index in [1.807, 2.05) is 0 Å². The van der Waals surface area contributed by atoms with Crippen molar-refractivity contribution in [1.82, 2.24) is 0 Å². The second kappa shape index (κ2) is 6.04. The van der Waals surface area contributed by atoms with Crippen LogP contribution >= 0.6 is 11.6 Å². The molecule has 7 heteroatoms. The first kappa shape index (κ1) is 14.5. The summed E-state index contributed by atoms with van der Waals surface area (Å²) in [5.74, 6) is 0.366. The molecule has 0 amide bonds. The van der Waals surface area contributed by atoms with Crippen LogP contribution in [0.25, 0.3) is 0 Å². The average molecular weight is 291 g/mol. The Bertz CT molecular complexity index is 411. The Hall–Kier alpha value is -0.890. The molecule has 1 heterocycles. The lowest BCUT2D eigenvalue weighted by Gasteiger charge is -2.39. The lowest BCUT2D eigenvalue weighted by atomic mass is 9.99. The van der Waals surface area contributed by atoms with Crippen molar-refractivity contribution in [2.45, 2.75) is 30.7 Å². The van der Waals surface area contributed by atoms with Crippen LogP contribution in [0.4, 0.5) is 0 Å². The highest BCUT2D eigenvalue weighted by molar-refractivity contribution is 6.30. The predicted octanol–water partition coefficient (Wildman–Crippen LogP) is -0.481. The molecule has 0 spiro atoms.